The summed E-state index contributed by atoms with van der Waals surface area (Å²) in [4.78, 5) is 0. The molecule has 4 heteroatoms. The lowest BCUT2D eigenvalue weighted by Gasteiger charge is -2.12. The van der Waals surface area contributed by atoms with Gasteiger partial charge in [-0.1, -0.05) is 19.1 Å². The molecule has 0 spiro atoms. The lowest BCUT2D eigenvalue weighted by Crippen LogP contribution is -2.11. The van der Waals surface area contributed by atoms with Gasteiger partial charge in [0.25, 0.3) is 0 Å². The molecule has 2 rings (SSSR count). The molecule has 0 fully saturated rings. The van der Waals surface area contributed by atoms with Gasteiger partial charge in [-0.15, -0.1) is 0 Å². The summed E-state index contributed by atoms with van der Waals surface area (Å²) in [5, 5.41) is 4.26. The van der Waals surface area contributed by atoms with Crippen LogP contribution in [0.25, 0.3) is 0 Å². The third-order valence-corrected chi connectivity index (χ3v) is 3.03. The Balaban J connectivity index is 2.15. The second-order valence-corrected chi connectivity index (χ2v) is 4.53. The molecule has 4 nitrogen and oxygen atoms in total. The van der Waals surface area contributed by atoms with Crippen molar-refractivity contribution in [1.82, 2.24) is 9.78 Å². The van der Waals surface area contributed by atoms with Crippen LogP contribution in [-0.2, 0) is 6.54 Å². The molecule has 2 N–H and O–H groups in total. The first-order valence-electron chi connectivity index (χ1n) is 6.75. The van der Waals surface area contributed by atoms with Crippen molar-refractivity contribution in [3.8, 4) is 5.75 Å². The van der Waals surface area contributed by atoms with E-state index in [-0.39, 0.29) is 6.04 Å². The molecule has 0 saturated heterocycles. The molecule has 0 aliphatic rings. The van der Waals surface area contributed by atoms with E-state index in [4.69, 9.17) is 10.5 Å². The lowest BCUT2D eigenvalue weighted by atomic mass is 10.0. The molecule has 2 aromatic rings. The van der Waals surface area contributed by atoms with Crippen LogP contribution in [0.5, 0.6) is 5.75 Å². The summed E-state index contributed by atoms with van der Waals surface area (Å²) in [6.07, 6.45) is 4.82. The van der Waals surface area contributed by atoms with Gasteiger partial charge in [0.05, 0.1) is 18.8 Å². The highest BCUT2D eigenvalue weighted by Crippen LogP contribution is 2.23. The molecule has 19 heavy (non-hydrogen) atoms. The number of benzene rings is 1. The van der Waals surface area contributed by atoms with Crippen LogP contribution in [-0.4, -0.2) is 16.4 Å². The predicted molar refractivity (Wildman–Crippen MR) is 76.2 cm³/mol. The number of aryl methyl sites for hydroxylation is 1. The van der Waals surface area contributed by atoms with Gasteiger partial charge in [0, 0.05) is 18.3 Å². The quantitative estimate of drug-likeness (QED) is 0.867. The maximum Gasteiger partial charge on any atom is 0.119 e. The first-order valence-corrected chi connectivity index (χ1v) is 6.75. The van der Waals surface area contributed by atoms with E-state index in [1.165, 1.54) is 0 Å². The maximum absolute atomic E-state index is 6.27. The van der Waals surface area contributed by atoms with Gasteiger partial charge in [0.2, 0.25) is 0 Å². The number of nitrogens with zero attached hydrogens (tertiary/aromatic N) is 2. The molecular weight excluding hydrogens is 238 g/mol. The van der Waals surface area contributed by atoms with E-state index in [2.05, 4.69) is 18.9 Å². The number of aromatic nitrogens is 2. The Morgan fingerprint density at radius 3 is 2.84 bits per heavy atom. The fraction of sp³-hybridized carbons (Fsp3) is 0.400. The van der Waals surface area contributed by atoms with Gasteiger partial charge in [0.1, 0.15) is 5.75 Å². The van der Waals surface area contributed by atoms with Crippen molar-refractivity contribution in [1.29, 1.82) is 0 Å². The van der Waals surface area contributed by atoms with Gasteiger partial charge in [-0.3, -0.25) is 4.68 Å². The summed E-state index contributed by atoms with van der Waals surface area (Å²) >= 11 is 0. The van der Waals surface area contributed by atoms with Crippen LogP contribution in [0.15, 0.2) is 36.7 Å². The van der Waals surface area contributed by atoms with Gasteiger partial charge in [-0.2, -0.15) is 5.10 Å². The van der Waals surface area contributed by atoms with E-state index in [1.807, 2.05) is 41.3 Å². The highest BCUT2D eigenvalue weighted by atomic mass is 16.5. The minimum absolute atomic E-state index is 0.162. The Labute approximate surface area is 114 Å². The Morgan fingerprint density at radius 2 is 2.16 bits per heavy atom. The summed E-state index contributed by atoms with van der Waals surface area (Å²) in [6, 6.07) is 7.80. The van der Waals surface area contributed by atoms with Gasteiger partial charge in [-0.25, -0.2) is 0 Å². The average molecular weight is 259 g/mol. The summed E-state index contributed by atoms with van der Waals surface area (Å²) in [7, 11) is 0. The van der Waals surface area contributed by atoms with Crippen molar-refractivity contribution < 1.29 is 4.74 Å². The van der Waals surface area contributed by atoms with Crippen LogP contribution in [0.4, 0.5) is 0 Å². The van der Waals surface area contributed by atoms with Crippen molar-refractivity contribution >= 4 is 0 Å². The zero-order valence-corrected chi connectivity index (χ0v) is 11.5. The molecule has 0 saturated carbocycles. The Morgan fingerprint density at radius 1 is 1.32 bits per heavy atom. The number of ether oxygens (including phenoxy) is 1. The normalized spacial score (nSPS) is 12.4. The van der Waals surface area contributed by atoms with Crippen molar-refractivity contribution in [3.63, 3.8) is 0 Å². The molecule has 1 aromatic heterocycles. The number of nitrogens with two attached hydrogens (primary N) is 1. The van der Waals surface area contributed by atoms with Gasteiger partial charge >= 0.3 is 0 Å². The number of rotatable bonds is 6. The van der Waals surface area contributed by atoms with Crippen LogP contribution in [0.1, 0.15) is 37.4 Å². The smallest absolute Gasteiger partial charge is 0.119 e. The van der Waals surface area contributed by atoms with Crippen molar-refractivity contribution in [2.45, 2.75) is 32.9 Å². The van der Waals surface area contributed by atoms with E-state index >= 15 is 0 Å². The van der Waals surface area contributed by atoms with E-state index < -0.39 is 0 Å². The second kappa shape index (κ2) is 6.38. The highest BCUT2D eigenvalue weighted by Gasteiger charge is 2.11. The molecular formula is C15H21N3O. The van der Waals surface area contributed by atoms with Crippen LogP contribution in [0, 0.1) is 0 Å². The molecule has 1 heterocycles. The van der Waals surface area contributed by atoms with E-state index in [9.17, 15) is 0 Å². The predicted octanol–water partition coefficient (Wildman–Crippen LogP) is 2.74. The van der Waals surface area contributed by atoms with E-state index in [0.29, 0.717) is 0 Å². The fourth-order valence-corrected chi connectivity index (χ4v) is 1.92. The topological polar surface area (TPSA) is 53.1 Å². The maximum atomic E-state index is 6.27. The van der Waals surface area contributed by atoms with Crippen LogP contribution in [0.3, 0.4) is 0 Å². The summed E-state index contributed by atoms with van der Waals surface area (Å²) < 4.78 is 7.51. The van der Waals surface area contributed by atoms with Crippen molar-refractivity contribution in [3.05, 3.63) is 47.8 Å². The molecule has 0 bridgehead atoms. The third kappa shape index (κ3) is 3.35. The lowest BCUT2D eigenvalue weighted by molar-refractivity contribution is 0.317. The molecule has 102 valence electrons. The van der Waals surface area contributed by atoms with E-state index in [1.54, 1.807) is 0 Å². The first kappa shape index (κ1) is 13.6. The number of hydrogen-bond donors (Lipinski definition) is 1. The van der Waals surface area contributed by atoms with Gasteiger partial charge in [0.15, 0.2) is 0 Å². The molecule has 0 amide bonds. The Bertz CT molecular complexity index is 522. The van der Waals surface area contributed by atoms with Gasteiger partial charge < -0.3 is 10.5 Å². The highest BCUT2D eigenvalue weighted by molar-refractivity contribution is 5.35. The van der Waals surface area contributed by atoms with Crippen molar-refractivity contribution in [2.75, 3.05) is 6.61 Å². The fourth-order valence-electron chi connectivity index (χ4n) is 1.92. The van der Waals surface area contributed by atoms with Gasteiger partial charge in [-0.05, 0) is 31.0 Å². The minimum Gasteiger partial charge on any atom is -0.494 e. The monoisotopic (exact) mass is 259 g/mol. The summed E-state index contributed by atoms with van der Waals surface area (Å²) in [5.41, 5.74) is 8.34. The zero-order valence-electron chi connectivity index (χ0n) is 11.5. The largest absolute Gasteiger partial charge is 0.494 e. The van der Waals surface area contributed by atoms with Crippen LogP contribution >= 0.6 is 0 Å². The third-order valence-electron chi connectivity index (χ3n) is 3.03. The zero-order chi connectivity index (χ0) is 13.7. The molecule has 1 unspecified atom stereocenters. The van der Waals surface area contributed by atoms with Crippen LogP contribution < -0.4 is 10.5 Å². The molecule has 0 aliphatic heterocycles. The summed E-state index contributed by atoms with van der Waals surface area (Å²) in [5.74, 6) is 0.873. The Kier molecular flexibility index (Phi) is 4.58. The molecule has 1 atom stereocenters. The Hall–Kier alpha value is -1.81. The minimum atomic E-state index is -0.162. The average Bonchev–Trinajstić information content (AvgIpc) is 2.93. The molecule has 0 aliphatic carbocycles. The first-order chi connectivity index (χ1) is 9.24. The SMILES string of the molecule is CCCOc1cccc(C(N)c2cnn(CC)c2)c1. The van der Waals surface area contributed by atoms with E-state index in [0.717, 1.165) is 36.4 Å². The molecule has 0 radical (unpaired) electrons. The van der Waals surface area contributed by atoms with Crippen LogP contribution in [0.2, 0.25) is 0 Å². The standard InChI is InChI=1S/C15H21N3O/c1-3-8-19-14-7-5-6-12(9-14)15(16)13-10-17-18(4-2)11-13/h5-7,9-11,15H,3-4,8,16H2,1-2H3. The second-order valence-electron chi connectivity index (χ2n) is 4.53. The number of hydrogen-bond acceptors (Lipinski definition) is 3. The summed E-state index contributed by atoms with van der Waals surface area (Å²) in [6.45, 7) is 5.73. The molecule has 1 aromatic carbocycles. The van der Waals surface area contributed by atoms with Crippen molar-refractivity contribution in [2.24, 2.45) is 5.73 Å².